The molecule has 4 amide bonds. The van der Waals surface area contributed by atoms with Crippen LogP contribution < -0.4 is 16.4 Å². The summed E-state index contributed by atoms with van der Waals surface area (Å²) in [5.74, 6) is -1.33. The fraction of sp³-hybridized carbons (Fsp3) is 0.545. The highest BCUT2D eigenvalue weighted by Gasteiger charge is 2.56. The predicted molar refractivity (Wildman–Crippen MR) is 107 cm³/mol. The van der Waals surface area contributed by atoms with Crippen LogP contribution in [0, 0.1) is 11.3 Å². The summed E-state index contributed by atoms with van der Waals surface area (Å²) in [5.41, 5.74) is 7.99. The van der Waals surface area contributed by atoms with Gasteiger partial charge in [-0.05, 0) is 55.2 Å². The quantitative estimate of drug-likeness (QED) is 0.614. The van der Waals surface area contributed by atoms with Crippen molar-refractivity contribution in [1.82, 2.24) is 15.5 Å². The maximum atomic E-state index is 13.1. The fourth-order valence-corrected chi connectivity index (χ4v) is 5.68. The number of nitrogens with one attached hydrogen (secondary N) is 2. The highest BCUT2D eigenvalue weighted by Crippen LogP contribution is 2.58. The first-order valence-electron chi connectivity index (χ1n) is 10.7. The van der Waals surface area contributed by atoms with Crippen molar-refractivity contribution >= 4 is 23.6 Å². The zero-order chi connectivity index (χ0) is 21.0. The van der Waals surface area contributed by atoms with Crippen LogP contribution in [-0.2, 0) is 16.1 Å². The van der Waals surface area contributed by atoms with Gasteiger partial charge in [-0.3, -0.25) is 29.4 Å². The molecule has 1 spiro atoms. The van der Waals surface area contributed by atoms with Crippen molar-refractivity contribution in [3.63, 3.8) is 0 Å². The number of nitrogens with zero attached hydrogens (tertiary/aromatic N) is 1. The Hall–Kier alpha value is -2.58. The third kappa shape index (κ3) is 2.74. The smallest absolute Gasteiger partial charge is 0.262 e. The minimum atomic E-state index is -0.939. The molecule has 3 fully saturated rings. The lowest BCUT2D eigenvalue weighted by atomic mass is 9.47. The van der Waals surface area contributed by atoms with Gasteiger partial charge in [-0.1, -0.05) is 18.6 Å². The average Bonchev–Trinajstić information content (AvgIpc) is 2.91. The first kappa shape index (κ1) is 19.4. The normalized spacial score (nSPS) is 29.5. The maximum Gasteiger partial charge on any atom is 0.262 e. The molecule has 1 aromatic rings. The highest BCUT2D eigenvalue weighted by atomic mass is 16.2. The van der Waals surface area contributed by atoms with Crippen LogP contribution in [0.4, 0.5) is 0 Å². The molecule has 4 aliphatic rings. The van der Waals surface area contributed by atoms with Crippen molar-refractivity contribution in [2.75, 3.05) is 6.54 Å². The van der Waals surface area contributed by atoms with Crippen LogP contribution >= 0.6 is 0 Å². The molecule has 30 heavy (non-hydrogen) atoms. The van der Waals surface area contributed by atoms with Crippen LogP contribution in [0.15, 0.2) is 18.2 Å². The Kier molecular flexibility index (Phi) is 4.52. The molecule has 2 saturated carbocycles. The van der Waals surface area contributed by atoms with Crippen molar-refractivity contribution in [2.45, 2.75) is 57.2 Å². The summed E-state index contributed by atoms with van der Waals surface area (Å²) >= 11 is 0. The van der Waals surface area contributed by atoms with E-state index in [-0.39, 0.29) is 18.7 Å². The van der Waals surface area contributed by atoms with Crippen molar-refractivity contribution in [1.29, 1.82) is 0 Å². The number of carbonyl (C=O) groups is 4. The highest BCUT2D eigenvalue weighted by molar-refractivity contribution is 6.24. The topological polar surface area (TPSA) is 122 Å². The van der Waals surface area contributed by atoms with Gasteiger partial charge in [0, 0.05) is 19.0 Å². The summed E-state index contributed by atoms with van der Waals surface area (Å²) in [7, 11) is 0. The molecule has 1 saturated heterocycles. The standard InChI is InChI=1S/C22H26N4O4/c23-16-9-13(22(16)7-2-8-22)11-24-10-12-3-1-4-14-18(12)21(30)26(20(14)29)15-5-6-17(27)25-19(15)28/h1,3-4,13,15-16,24H,2,5-11,23H2,(H,25,27,28). The molecule has 5 rings (SSSR count). The Morgan fingerprint density at radius 2 is 1.97 bits per heavy atom. The zero-order valence-electron chi connectivity index (χ0n) is 16.8. The van der Waals surface area contributed by atoms with Crippen molar-refractivity contribution in [2.24, 2.45) is 17.1 Å². The molecular weight excluding hydrogens is 384 g/mol. The average molecular weight is 410 g/mol. The fourth-order valence-electron chi connectivity index (χ4n) is 5.68. The second kappa shape index (κ2) is 6.99. The molecular formula is C22H26N4O4. The van der Waals surface area contributed by atoms with Crippen molar-refractivity contribution in [3.8, 4) is 0 Å². The van der Waals surface area contributed by atoms with Gasteiger partial charge in [0.15, 0.2) is 0 Å². The summed E-state index contributed by atoms with van der Waals surface area (Å²) < 4.78 is 0. The first-order valence-corrected chi connectivity index (χ1v) is 10.7. The van der Waals surface area contributed by atoms with E-state index in [0.717, 1.165) is 23.4 Å². The summed E-state index contributed by atoms with van der Waals surface area (Å²) in [6.45, 7) is 1.32. The number of carbonyl (C=O) groups excluding carboxylic acids is 4. The van der Waals surface area contributed by atoms with E-state index in [4.69, 9.17) is 5.73 Å². The minimum Gasteiger partial charge on any atom is -0.327 e. The van der Waals surface area contributed by atoms with E-state index in [1.54, 1.807) is 12.1 Å². The number of nitrogens with two attached hydrogens (primary N) is 1. The number of rotatable bonds is 5. The SMILES string of the molecule is NC1CC(CNCc2cccc3c2C(=O)N(C2CCC(=O)NC2=O)C3=O)C12CCC2. The molecule has 0 aromatic heterocycles. The molecule has 8 heteroatoms. The molecule has 1 aromatic carbocycles. The molecule has 8 nitrogen and oxygen atoms in total. The molecule has 2 aliphatic carbocycles. The van der Waals surface area contributed by atoms with Crippen molar-refractivity contribution in [3.05, 3.63) is 34.9 Å². The van der Waals surface area contributed by atoms with E-state index in [0.29, 0.717) is 35.0 Å². The van der Waals surface area contributed by atoms with Gasteiger partial charge in [0.05, 0.1) is 11.1 Å². The van der Waals surface area contributed by atoms with Crippen LogP contribution in [0.2, 0.25) is 0 Å². The van der Waals surface area contributed by atoms with Crippen LogP contribution in [-0.4, -0.2) is 47.2 Å². The van der Waals surface area contributed by atoms with E-state index >= 15 is 0 Å². The lowest BCUT2D eigenvalue weighted by Crippen LogP contribution is -2.63. The number of hydrogen-bond acceptors (Lipinski definition) is 6. The zero-order valence-corrected chi connectivity index (χ0v) is 16.8. The molecule has 3 unspecified atom stereocenters. The van der Waals surface area contributed by atoms with Gasteiger partial charge in [-0.2, -0.15) is 0 Å². The Labute approximate surface area is 174 Å². The van der Waals surface area contributed by atoms with Crippen LogP contribution in [0.5, 0.6) is 0 Å². The van der Waals surface area contributed by atoms with Gasteiger partial charge >= 0.3 is 0 Å². The summed E-state index contributed by atoms with van der Waals surface area (Å²) in [5, 5.41) is 5.68. The molecule has 158 valence electrons. The Bertz CT molecular complexity index is 954. The van der Waals surface area contributed by atoms with Crippen molar-refractivity contribution < 1.29 is 19.2 Å². The number of piperidine rings is 1. The first-order chi connectivity index (χ1) is 14.4. The van der Waals surface area contributed by atoms with Gasteiger partial charge in [-0.25, -0.2) is 0 Å². The Balaban J connectivity index is 1.30. The number of hydrogen-bond donors (Lipinski definition) is 3. The van der Waals surface area contributed by atoms with Gasteiger partial charge < -0.3 is 11.1 Å². The Morgan fingerprint density at radius 3 is 2.63 bits per heavy atom. The van der Waals surface area contributed by atoms with Gasteiger partial charge in [0.2, 0.25) is 11.8 Å². The predicted octanol–water partition coefficient (Wildman–Crippen LogP) is 0.695. The van der Waals surface area contributed by atoms with Crippen LogP contribution in [0.3, 0.4) is 0 Å². The Morgan fingerprint density at radius 1 is 1.17 bits per heavy atom. The summed E-state index contributed by atoms with van der Waals surface area (Å²) in [6, 6.07) is 4.60. The second-order valence-electron chi connectivity index (χ2n) is 9.04. The summed E-state index contributed by atoms with van der Waals surface area (Å²) in [4.78, 5) is 50.7. The molecule has 3 atom stereocenters. The maximum absolute atomic E-state index is 13.1. The lowest BCUT2D eigenvalue weighted by Gasteiger charge is -2.60. The van der Waals surface area contributed by atoms with E-state index in [1.165, 1.54) is 19.3 Å². The van der Waals surface area contributed by atoms with Gasteiger partial charge in [0.1, 0.15) is 6.04 Å². The number of benzene rings is 1. The van der Waals surface area contributed by atoms with E-state index in [2.05, 4.69) is 10.6 Å². The second-order valence-corrected chi connectivity index (χ2v) is 9.04. The third-order valence-corrected chi connectivity index (χ3v) is 7.64. The number of amides is 4. The minimum absolute atomic E-state index is 0.115. The molecule has 0 radical (unpaired) electrons. The van der Waals surface area contributed by atoms with E-state index in [1.807, 2.05) is 6.07 Å². The van der Waals surface area contributed by atoms with Crippen LogP contribution in [0.1, 0.15) is 64.8 Å². The molecule has 0 bridgehead atoms. The lowest BCUT2D eigenvalue weighted by molar-refractivity contribution is -0.136. The molecule has 4 N–H and O–H groups in total. The number of imide groups is 2. The van der Waals surface area contributed by atoms with E-state index in [9.17, 15) is 19.2 Å². The van der Waals surface area contributed by atoms with E-state index < -0.39 is 23.8 Å². The largest absolute Gasteiger partial charge is 0.327 e. The molecule has 2 heterocycles. The van der Waals surface area contributed by atoms with Gasteiger partial charge in [0.25, 0.3) is 11.8 Å². The monoisotopic (exact) mass is 410 g/mol. The summed E-state index contributed by atoms with van der Waals surface area (Å²) in [6.07, 6.45) is 4.96. The van der Waals surface area contributed by atoms with Gasteiger partial charge in [-0.15, -0.1) is 0 Å². The molecule has 2 aliphatic heterocycles. The third-order valence-electron chi connectivity index (χ3n) is 7.64. The number of fused-ring (bicyclic) bond motifs is 1. The van der Waals surface area contributed by atoms with Crippen LogP contribution in [0.25, 0.3) is 0 Å².